The second-order valence-electron chi connectivity index (χ2n) is 33.8. The van der Waals surface area contributed by atoms with Gasteiger partial charge < -0.3 is 114 Å². The molecule has 0 spiro atoms. The lowest BCUT2D eigenvalue weighted by atomic mass is 9.98. The number of phenols is 1. The van der Waals surface area contributed by atoms with Gasteiger partial charge in [-0.05, 0) is 76.9 Å². The van der Waals surface area contributed by atoms with Gasteiger partial charge in [0.15, 0.2) is 17.5 Å². The molecule has 0 bridgehead atoms. The van der Waals surface area contributed by atoms with Crippen LogP contribution >= 0.6 is 11.8 Å². The van der Waals surface area contributed by atoms with Crippen LogP contribution in [-0.4, -0.2) is 310 Å². The number of para-hydroxylation sites is 1. The number of fused-ring (bicyclic) bond motifs is 3. The van der Waals surface area contributed by atoms with Gasteiger partial charge in [0, 0.05) is 108 Å². The number of hydrogen-bond acceptors (Lipinski definition) is 22. The maximum Gasteiger partial charge on any atom is 0.305 e. The zero-order chi connectivity index (χ0) is 98.9. The highest BCUT2D eigenvalue weighted by molar-refractivity contribution is 8.00. The number of amides is 15. The number of aromatic hydroxyl groups is 1. The van der Waals surface area contributed by atoms with Crippen molar-refractivity contribution in [2.75, 3.05) is 52.3 Å². The first-order valence-corrected chi connectivity index (χ1v) is 44.7. The van der Waals surface area contributed by atoms with Crippen LogP contribution in [-0.2, 0) is 118 Å². The van der Waals surface area contributed by atoms with Gasteiger partial charge in [-0.2, -0.15) is 0 Å². The standard InChI is InChI=1S/C91H111F3N16O24S/c1-7-8-23-67-90(133)110-44-55(113)38-70(110)86(129)102-63(39-75(118)119)83(126)105-78(47(2)3)91(134)107(5)68(34-48-17-11-9-12-18-48)84(127)103-65(40-76(120)121)88(131)109-43-54(112)37-69(109)85(128)101-62(36-52-41-96-59-22-16-15-21-56(52)59)82(125)100-61(32-50-24-26-53(111)27-25-50)81(124)99-60(28-29-74(116)117)80(123)104-66(79(122)97-42-72(95)114)45-135-46-73(115)98-64(33-51-30-57(92)77(94)58(93)31-51)87(130)108(6)71(89(132)106(67)4)35-49-19-13-10-14-20-49/h9-22,24-27,30-31,41,47,54-55,60-71,78,96,111-113H,7-8,23,28-29,32-40,42-46H2,1-6H3,(H2,95,114)(H,97,122)(H,98,115)(H,99,124)(H,100,125)(H,101,128)(H,102,129)(H,103,127)(H,104,123)(H,105,126)(H,116,117)(H,118,119)(H,120,121)/t54-,55-,60+,61+,62+,63+,64+,65+,66+,67+,68+,69+,70-,71+,78+/m1/s1. The molecule has 3 aliphatic rings. The number of primary amides is 1. The Morgan fingerprint density at radius 3 is 1.56 bits per heavy atom. The number of thioether (sulfide) groups is 1. The molecule has 135 heavy (non-hydrogen) atoms. The van der Waals surface area contributed by atoms with E-state index in [1.54, 1.807) is 91.9 Å². The minimum atomic E-state index is -2.14. The van der Waals surface area contributed by atoms with Crippen molar-refractivity contribution < 1.29 is 130 Å². The van der Waals surface area contributed by atoms with Crippen molar-refractivity contribution in [2.24, 2.45) is 11.7 Å². The molecule has 3 aliphatic heterocycles. The molecule has 15 amide bonds. The molecular formula is C91H111F3N16O24S. The smallest absolute Gasteiger partial charge is 0.305 e. The highest BCUT2D eigenvalue weighted by Gasteiger charge is 2.49. The Morgan fingerprint density at radius 1 is 0.496 bits per heavy atom. The van der Waals surface area contributed by atoms with E-state index in [4.69, 9.17) is 5.73 Å². The summed E-state index contributed by atoms with van der Waals surface area (Å²) in [5.74, 6) is -30.5. The van der Waals surface area contributed by atoms with Gasteiger partial charge in [-0.25, -0.2) is 13.2 Å². The number of carboxylic acids is 3. The monoisotopic (exact) mass is 1900 g/mol. The molecule has 3 saturated heterocycles. The summed E-state index contributed by atoms with van der Waals surface area (Å²) >= 11 is 0.547. The molecule has 4 heterocycles. The number of benzene rings is 5. The summed E-state index contributed by atoms with van der Waals surface area (Å²) in [7, 11) is 3.44. The van der Waals surface area contributed by atoms with E-state index in [0.717, 1.165) is 38.6 Å². The van der Waals surface area contributed by atoms with Crippen LogP contribution in [0.1, 0.15) is 106 Å². The van der Waals surface area contributed by atoms with Gasteiger partial charge >= 0.3 is 17.9 Å². The second kappa shape index (κ2) is 48.6. The Hall–Kier alpha value is -14.0. The number of aliphatic hydroxyl groups excluding tert-OH is 2. The Balaban J connectivity index is 1.15. The number of aromatic nitrogens is 1. The predicted molar refractivity (Wildman–Crippen MR) is 477 cm³/mol. The molecule has 6 aromatic rings. The molecule has 9 rings (SSSR count). The number of nitrogens with two attached hydrogens (primary N) is 1. The van der Waals surface area contributed by atoms with Gasteiger partial charge in [0.05, 0.1) is 37.3 Å². The zero-order valence-electron chi connectivity index (χ0n) is 74.7. The van der Waals surface area contributed by atoms with E-state index in [0.29, 0.717) is 57.9 Å². The van der Waals surface area contributed by atoms with E-state index < -0.39 is 322 Å². The number of carboxylic acid groups (broad SMARTS) is 3. The molecule has 44 heteroatoms. The molecular weight excluding hydrogens is 1790 g/mol. The summed E-state index contributed by atoms with van der Waals surface area (Å²) in [4.78, 5) is 269. The topological polar surface area (TPSA) is 595 Å². The zero-order valence-corrected chi connectivity index (χ0v) is 75.5. The minimum absolute atomic E-state index is 0.174. The van der Waals surface area contributed by atoms with Crippen LogP contribution in [0, 0.1) is 23.4 Å². The number of aliphatic hydroxyl groups is 2. The number of aliphatic carboxylic acids is 3. The van der Waals surface area contributed by atoms with Crippen molar-refractivity contribution in [3.63, 3.8) is 0 Å². The summed E-state index contributed by atoms with van der Waals surface area (Å²) in [5, 5.41) is 86.4. The molecule has 726 valence electrons. The Bertz CT molecular complexity index is 5330. The van der Waals surface area contributed by atoms with Crippen LogP contribution in [0.25, 0.3) is 10.9 Å². The van der Waals surface area contributed by atoms with Crippen molar-refractivity contribution >= 4 is 129 Å². The van der Waals surface area contributed by atoms with Gasteiger partial charge in [0.1, 0.15) is 84.3 Å². The number of unbranched alkanes of at least 4 members (excludes halogenated alkanes) is 1. The van der Waals surface area contributed by atoms with Crippen molar-refractivity contribution in [1.29, 1.82) is 0 Å². The first-order valence-electron chi connectivity index (χ1n) is 43.5. The fourth-order valence-electron chi connectivity index (χ4n) is 16.2. The van der Waals surface area contributed by atoms with Crippen LogP contribution in [0.5, 0.6) is 5.75 Å². The van der Waals surface area contributed by atoms with Crippen LogP contribution in [0.3, 0.4) is 0 Å². The number of phenolic OH excluding ortho intramolecular Hbond substituents is 1. The molecule has 1 aromatic heterocycles. The van der Waals surface area contributed by atoms with E-state index in [1.165, 1.54) is 51.4 Å². The average Bonchev–Trinajstić information content (AvgIpc) is 1.69. The lowest BCUT2D eigenvalue weighted by molar-refractivity contribution is -0.152. The van der Waals surface area contributed by atoms with E-state index in [2.05, 4.69) is 52.8 Å². The number of likely N-dealkylation sites (N-methyl/N-ethyl adjacent to an activating group) is 3. The average molecular weight is 1900 g/mol. The number of nitrogens with one attached hydrogen (secondary N) is 10. The van der Waals surface area contributed by atoms with E-state index in [1.807, 2.05) is 0 Å². The lowest BCUT2D eigenvalue weighted by Crippen LogP contribution is -2.62. The van der Waals surface area contributed by atoms with Crippen molar-refractivity contribution in [3.8, 4) is 5.75 Å². The maximum absolute atomic E-state index is 15.7. The first-order chi connectivity index (χ1) is 64.0. The largest absolute Gasteiger partial charge is 0.508 e. The number of hydrogen-bond donors (Lipinski definition) is 17. The van der Waals surface area contributed by atoms with Crippen molar-refractivity contribution in [3.05, 3.63) is 173 Å². The number of H-pyrrole nitrogens is 1. The maximum atomic E-state index is 15.7. The van der Waals surface area contributed by atoms with Gasteiger partial charge in [0.2, 0.25) is 88.6 Å². The van der Waals surface area contributed by atoms with Gasteiger partial charge in [-0.1, -0.05) is 125 Å². The van der Waals surface area contributed by atoms with Gasteiger partial charge in [0.25, 0.3) is 0 Å². The SMILES string of the molecule is CCCC[C@H]1C(=O)N2C[C@H](O)C[C@@H]2C(=O)N[C@@H](CC(=O)O)C(=O)N[C@@H](C(C)C)C(=O)N(C)[C@@H](Cc2ccccc2)C(=O)N[C@@H](CC(=O)O)C(=O)N2C[C@H](O)C[C@H]2C(=O)N[C@@H](Cc2c[nH]c3ccccc23)C(=O)N[C@@H](Cc2ccc(O)cc2)C(=O)N[C@@H](CCC(=O)O)C(=O)N[C@H](C(=O)NCC(N)=O)CSCC(=O)N[C@@H](Cc2cc(F)c(F)c(F)c2)C(=O)N(C)[C@@H](Cc2ccccc2)C(=O)N1C. The molecule has 18 N–H and O–H groups in total. The van der Waals surface area contributed by atoms with Crippen LogP contribution in [0.2, 0.25) is 0 Å². The second-order valence-corrected chi connectivity index (χ2v) is 34.8. The molecule has 5 aromatic carbocycles. The molecule has 0 radical (unpaired) electrons. The third-order valence-electron chi connectivity index (χ3n) is 23.4. The highest BCUT2D eigenvalue weighted by atomic mass is 32.2. The Labute approximate surface area is 776 Å². The third kappa shape index (κ3) is 29.0. The number of carbonyl (C=O) groups is 18. The summed E-state index contributed by atoms with van der Waals surface area (Å²) in [6, 6.07) is 4.58. The van der Waals surface area contributed by atoms with Crippen molar-refractivity contribution in [2.45, 2.75) is 201 Å². The van der Waals surface area contributed by atoms with E-state index in [9.17, 15) is 78.2 Å². The van der Waals surface area contributed by atoms with Gasteiger partial charge in [-0.3, -0.25) is 86.3 Å². The van der Waals surface area contributed by atoms with Crippen LogP contribution in [0.4, 0.5) is 13.2 Å². The molecule has 0 unspecified atom stereocenters. The highest BCUT2D eigenvalue weighted by Crippen LogP contribution is 2.29. The molecule has 0 saturated carbocycles. The summed E-state index contributed by atoms with van der Waals surface area (Å²) in [6.45, 7) is 2.46. The van der Waals surface area contributed by atoms with Gasteiger partial charge in [-0.15, -0.1) is 11.8 Å². The van der Waals surface area contributed by atoms with E-state index >= 15 is 51.9 Å². The van der Waals surface area contributed by atoms with Crippen molar-refractivity contribution in [1.82, 2.24) is 77.3 Å². The number of rotatable bonds is 24. The fourth-order valence-corrected chi connectivity index (χ4v) is 17.0. The quantitative estimate of drug-likeness (QED) is 0.0326. The normalized spacial score (nSPS) is 24.4. The summed E-state index contributed by atoms with van der Waals surface area (Å²) < 4.78 is 45.1. The molecule has 15 atom stereocenters. The number of carbonyl (C=O) groups excluding carboxylic acids is 15. The molecule has 0 aliphatic carbocycles. The number of aromatic amines is 1. The first kappa shape index (κ1) is 105. The van der Waals surface area contributed by atoms with Crippen LogP contribution in [0.15, 0.2) is 128 Å². The lowest BCUT2D eigenvalue weighted by Gasteiger charge is -2.38. The number of halogens is 3. The third-order valence-corrected chi connectivity index (χ3v) is 24.4. The predicted octanol–water partition coefficient (Wildman–Crippen LogP) is -0.904. The van der Waals surface area contributed by atoms with Crippen LogP contribution < -0.4 is 53.6 Å². The molecule has 3 fully saturated rings. The van der Waals surface area contributed by atoms with E-state index in [-0.39, 0.29) is 30.6 Å². The fraction of sp³-hybridized carbons (Fsp3) is 0.451. The minimum Gasteiger partial charge on any atom is -0.508 e. The molecule has 40 nitrogen and oxygen atoms in total. The summed E-state index contributed by atoms with van der Waals surface area (Å²) in [6.07, 6.45) is -8.99. The Kier molecular flexibility index (Phi) is 37.7. The summed E-state index contributed by atoms with van der Waals surface area (Å²) in [5.41, 5.74) is 6.80. The number of nitrogens with zero attached hydrogens (tertiary/aromatic N) is 5. The Morgan fingerprint density at radius 2 is 0.985 bits per heavy atom.